The number of rotatable bonds is 4. The molecule has 0 N–H and O–H groups in total. The average Bonchev–Trinajstić information content (AvgIpc) is 2.81. The predicted molar refractivity (Wildman–Crippen MR) is 74.4 cm³/mol. The average molecular weight is 296 g/mol. The van der Waals surface area contributed by atoms with Gasteiger partial charge in [0.25, 0.3) is 10.0 Å². The van der Waals surface area contributed by atoms with Gasteiger partial charge in [0.15, 0.2) is 5.03 Å². The molecule has 1 aromatic heterocycles. The van der Waals surface area contributed by atoms with E-state index in [1.807, 2.05) is 11.5 Å². The maximum atomic E-state index is 12.6. The first kappa shape index (κ1) is 15.0. The highest BCUT2D eigenvalue weighted by atomic mass is 32.2. The zero-order chi connectivity index (χ0) is 14.8. The minimum atomic E-state index is -3.66. The second-order valence-electron chi connectivity index (χ2n) is 5.08. The van der Waals surface area contributed by atoms with Gasteiger partial charge in [0.1, 0.15) is 11.9 Å². The molecule has 0 bridgehead atoms. The molecule has 2 heterocycles. The highest BCUT2D eigenvalue weighted by molar-refractivity contribution is 7.89. The van der Waals surface area contributed by atoms with Crippen molar-refractivity contribution in [2.75, 3.05) is 6.54 Å². The quantitative estimate of drug-likeness (QED) is 0.846. The molecule has 0 amide bonds. The lowest BCUT2D eigenvalue weighted by molar-refractivity contribution is 0.296. The van der Waals surface area contributed by atoms with Gasteiger partial charge >= 0.3 is 0 Å². The highest BCUT2D eigenvalue weighted by Gasteiger charge is 2.35. The lowest BCUT2D eigenvalue weighted by Gasteiger charge is -2.29. The summed E-state index contributed by atoms with van der Waals surface area (Å²) in [5.41, 5.74) is 0. The van der Waals surface area contributed by atoms with Gasteiger partial charge < -0.3 is 4.57 Å². The number of nitriles is 1. The van der Waals surface area contributed by atoms with Crippen molar-refractivity contribution < 1.29 is 8.42 Å². The third kappa shape index (κ3) is 2.72. The van der Waals surface area contributed by atoms with Crippen molar-refractivity contribution in [2.24, 2.45) is 0 Å². The van der Waals surface area contributed by atoms with Crippen molar-refractivity contribution in [3.8, 4) is 6.07 Å². The largest absolute Gasteiger partial charge is 0.334 e. The van der Waals surface area contributed by atoms with Crippen LogP contribution in [-0.4, -0.2) is 34.9 Å². The summed E-state index contributed by atoms with van der Waals surface area (Å²) in [6, 6.07) is 1.52. The standard InChI is InChI=1S/C13H20N4O2S/c1-3-7-16-10-13(15-11(16)2)20(18,19)17-8-5-4-6-12(17)9-14/h10,12H,3-8H2,1-2H3. The second kappa shape index (κ2) is 5.94. The Morgan fingerprint density at radius 2 is 2.25 bits per heavy atom. The summed E-state index contributed by atoms with van der Waals surface area (Å²) in [6.45, 7) is 4.98. The van der Waals surface area contributed by atoms with E-state index >= 15 is 0 Å². The van der Waals surface area contributed by atoms with Crippen LogP contribution in [0.15, 0.2) is 11.2 Å². The SMILES string of the molecule is CCCn1cc(S(=O)(=O)N2CCCCC2C#N)nc1C. The fourth-order valence-corrected chi connectivity index (χ4v) is 4.12. The molecule has 1 aromatic rings. The van der Waals surface area contributed by atoms with Gasteiger partial charge in [-0.1, -0.05) is 6.92 Å². The lowest BCUT2D eigenvalue weighted by Crippen LogP contribution is -2.42. The molecule has 20 heavy (non-hydrogen) atoms. The van der Waals surface area contributed by atoms with Crippen molar-refractivity contribution in [1.82, 2.24) is 13.9 Å². The zero-order valence-corrected chi connectivity index (χ0v) is 12.7. The Kier molecular flexibility index (Phi) is 4.45. The maximum absolute atomic E-state index is 12.6. The van der Waals surface area contributed by atoms with Crippen LogP contribution in [0.5, 0.6) is 0 Å². The summed E-state index contributed by atoms with van der Waals surface area (Å²) in [7, 11) is -3.66. The van der Waals surface area contributed by atoms with Gasteiger partial charge in [-0.2, -0.15) is 9.57 Å². The van der Waals surface area contributed by atoms with Crippen molar-refractivity contribution >= 4 is 10.0 Å². The maximum Gasteiger partial charge on any atom is 0.263 e. The number of piperidine rings is 1. The molecule has 7 heteroatoms. The summed E-state index contributed by atoms with van der Waals surface area (Å²) in [6.07, 6.45) is 4.79. The van der Waals surface area contributed by atoms with Crippen LogP contribution in [0.2, 0.25) is 0 Å². The second-order valence-corrected chi connectivity index (χ2v) is 6.91. The van der Waals surface area contributed by atoms with Crippen molar-refractivity contribution in [2.45, 2.75) is 57.1 Å². The molecule has 2 rings (SSSR count). The van der Waals surface area contributed by atoms with E-state index in [0.717, 1.165) is 25.8 Å². The van der Waals surface area contributed by atoms with Crippen LogP contribution in [0.25, 0.3) is 0 Å². The molecule has 0 saturated carbocycles. The van der Waals surface area contributed by atoms with Crippen LogP contribution < -0.4 is 0 Å². The number of aromatic nitrogens is 2. The molecule has 0 radical (unpaired) electrons. The van der Waals surface area contributed by atoms with Crippen molar-refractivity contribution in [1.29, 1.82) is 5.26 Å². The number of aryl methyl sites for hydroxylation is 2. The van der Waals surface area contributed by atoms with Gasteiger partial charge in [0.05, 0.1) is 6.07 Å². The minimum absolute atomic E-state index is 0.0607. The molecular weight excluding hydrogens is 276 g/mol. The van der Waals surface area contributed by atoms with Gasteiger partial charge in [-0.05, 0) is 32.6 Å². The van der Waals surface area contributed by atoms with Crippen LogP contribution in [0.3, 0.4) is 0 Å². The summed E-state index contributed by atoms with van der Waals surface area (Å²) in [5, 5.41) is 9.19. The molecule has 110 valence electrons. The molecular formula is C13H20N4O2S. The molecule has 1 aliphatic rings. The minimum Gasteiger partial charge on any atom is -0.334 e. The van der Waals surface area contributed by atoms with Crippen LogP contribution in [0.4, 0.5) is 0 Å². The topological polar surface area (TPSA) is 79.0 Å². The number of imidazole rings is 1. The Morgan fingerprint density at radius 1 is 1.50 bits per heavy atom. The Bertz CT molecular complexity index is 615. The van der Waals surface area contributed by atoms with Gasteiger partial charge in [0.2, 0.25) is 0 Å². The molecule has 1 unspecified atom stereocenters. The first-order valence-corrected chi connectivity index (χ1v) is 8.40. The number of hydrogen-bond donors (Lipinski definition) is 0. The van der Waals surface area contributed by atoms with E-state index < -0.39 is 16.1 Å². The van der Waals surface area contributed by atoms with E-state index in [1.165, 1.54) is 4.31 Å². The zero-order valence-electron chi connectivity index (χ0n) is 11.9. The molecule has 1 aliphatic heterocycles. The number of hydrogen-bond acceptors (Lipinski definition) is 4. The van der Waals surface area contributed by atoms with Gasteiger partial charge in [-0.15, -0.1) is 0 Å². The third-order valence-electron chi connectivity index (χ3n) is 3.59. The summed E-state index contributed by atoms with van der Waals surface area (Å²) in [4.78, 5) is 4.17. The first-order chi connectivity index (χ1) is 9.50. The van der Waals surface area contributed by atoms with Crippen molar-refractivity contribution in [3.63, 3.8) is 0 Å². The first-order valence-electron chi connectivity index (χ1n) is 6.96. The molecule has 0 spiro atoms. The highest BCUT2D eigenvalue weighted by Crippen LogP contribution is 2.24. The van der Waals surface area contributed by atoms with Crippen LogP contribution in [-0.2, 0) is 16.6 Å². The van der Waals surface area contributed by atoms with Gasteiger partial charge in [0, 0.05) is 19.3 Å². The third-order valence-corrected chi connectivity index (χ3v) is 5.37. The van der Waals surface area contributed by atoms with E-state index in [0.29, 0.717) is 18.8 Å². The normalized spacial score (nSPS) is 20.8. The Balaban J connectivity index is 2.34. The van der Waals surface area contributed by atoms with Crippen LogP contribution in [0.1, 0.15) is 38.4 Å². The summed E-state index contributed by atoms with van der Waals surface area (Å²) < 4.78 is 28.4. The van der Waals surface area contributed by atoms with Crippen LogP contribution in [0, 0.1) is 18.3 Å². The number of nitrogens with zero attached hydrogens (tertiary/aromatic N) is 4. The van der Waals surface area contributed by atoms with Crippen molar-refractivity contribution in [3.05, 3.63) is 12.0 Å². The van der Waals surface area contributed by atoms with Gasteiger partial charge in [-0.25, -0.2) is 13.4 Å². The molecule has 1 saturated heterocycles. The Labute approximate surface area is 120 Å². The van der Waals surface area contributed by atoms with Gasteiger partial charge in [-0.3, -0.25) is 0 Å². The van der Waals surface area contributed by atoms with E-state index in [1.54, 1.807) is 13.1 Å². The molecule has 0 aliphatic carbocycles. The predicted octanol–water partition coefficient (Wildman–Crippen LogP) is 1.67. The molecule has 1 fully saturated rings. The fourth-order valence-electron chi connectivity index (χ4n) is 2.51. The van der Waals surface area contributed by atoms with E-state index in [2.05, 4.69) is 11.1 Å². The summed E-state index contributed by atoms with van der Waals surface area (Å²) >= 11 is 0. The Morgan fingerprint density at radius 3 is 2.90 bits per heavy atom. The monoisotopic (exact) mass is 296 g/mol. The summed E-state index contributed by atoms with van der Waals surface area (Å²) in [5.74, 6) is 0.691. The fraction of sp³-hybridized carbons (Fsp3) is 0.692. The molecule has 6 nitrogen and oxygen atoms in total. The van der Waals surface area contributed by atoms with E-state index in [-0.39, 0.29) is 5.03 Å². The smallest absolute Gasteiger partial charge is 0.263 e. The van der Waals surface area contributed by atoms with E-state index in [9.17, 15) is 8.42 Å². The Hall–Kier alpha value is -1.39. The lowest BCUT2D eigenvalue weighted by atomic mass is 10.1. The van der Waals surface area contributed by atoms with Crippen LogP contribution >= 0.6 is 0 Å². The number of sulfonamides is 1. The molecule has 0 aromatic carbocycles. The molecule has 1 atom stereocenters. The van der Waals surface area contributed by atoms with E-state index in [4.69, 9.17) is 5.26 Å².